The van der Waals surface area contributed by atoms with Gasteiger partial charge in [-0.3, -0.25) is 0 Å². The normalized spacial score (nSPS) is 11.8. The Kier molecular flexibility index (Phi) is 10.9. The van der Waals surface area contributed by atoms with Crippen molar-refractivity contribution >= 4 is 104 Å². The minimum Gasteiger partial charge on any atom is -0.309 e. The number of aromatic nitrogens is 3. The van der Waals surface area contributed by atoms with Gasteiger partial charge in [0.15, 0.2) is 0 Å². The molecule has 0 spiro atoms. The molecule has 0 unspecified atom stereocenters. The zero-order chi connectivity index (χ0) is 55.2. The first-order valence-corrected chi connectivity index (χ1v) is 28.9. The van der Waals surface area contributed by atoms with Gasteiger partial charge in [-0.15, -0.1) is 0 Å². The maximum Gasteiger partial charge on any atom is 0.0542 e. The lowest BCUT2D eigenvalue weighted by Crippen LogP contribution is -2.12. The van der Waals surface area contributed by atoms with Crippen LogP contribution in [0.25, 0.3) is 137 Å². The van der Waals surface area contributed by atoms with Crippen molar-refractivity contribution in [3.63, 3.8) is 0 Å². The Morgan fingerprint density at radius 2 is 0.548 bits per heavy atom. The Bertz CT molecular complexity index is 5360. The summed E-state index contributed by atoms with van der Waals surface area (Å²) in [4.78, 5) is 2.48. The average Bonchev–Trinajstić information content (AvgIpc) is 3.35. The summed E-state index contributed by atoms with van der Waals surface area (Å²) < 4.78 is 7.21. The predicted octanol–water partition coefficient (Wildman–Crippen LogP) is 21.8. The molecule has 0 radical (unpaired) electrons. The molecule has 84 heavy (non-hydrogen) atoms. The van der Waals surface area contributed by atoms with E-state index in [2.05, 4.69) is 334 Å². The number of fused-ring (bicyclic) bond motifs is 11. The summed E-state index contributed by atoms with van der Waals surface area (Å²) in [6.45, 7) is 0. The molecule has 14 aromatic carbocycles. The van der Waals surface area contributed by atoms with Crippen LogP contribution in [-0.4, -0.2) is 13.7 Å². The van der Waals surface area contributed by atoms with Gasteiger partial charge in [0.05, 0.1) is 50.2 Å². The average molecular weight is 1070 g/mol. The fourth-order valence-electron chi connectivity index (χ4n) is 13.6. The monoisotopic (exact) mass is 1070 g/mol. The van der Waals surface area contributed by atoms with Gasteiger partial charge in [0.25, 0.3) is 0 Å². The van der Waals surface area contributed by atoms with E-state index in [4.69, 9.17) is 0 Å². The van der Waals surface area contributed by atoms with E-state index in [9.17, 15) is 0 Å². The highest BCUT2D eigenvalue weighted by Gasteiger charge is 2.23. The first kappa shape index (κ1) is 47.6. The molecule has 0 bridgehead atoms. The quantitative estimate of drug-likeness (QED) is 0.141. The number of benzene rings is 14. The first-order chi connectivity index (χ1) is 41.7. The Morgan fingerprint density at radius 3 is 1.07 bits per heavy atom. The summed E-state index contributed by atoms with van der Waals surface area (Å²) in [7, 11) is 0. The molecule has 4 nitrogen and oxygen atoms in total. The second kappa shape index (κ2) is 19.2. The van der Waals surface area contributed by atoms with Crippen LogP contribution in [0.3, 0.4) is 0 Å². The standard InChI is InChI=1S/C80H52N4/c1-3-19-58(20-4-1)81-72-31-15-13-29-68(72)70-51-56(41-46-79(70)81)55-37-35-53(36-38-55)54-39-43-60(44-40-54)83(77-49-50-78(67-26-10-9-25-66(67)77)84-74-33-17-11-27-64(74)65-28-12-18-34-75(65)84)76-48-45-61(62-23-7-8-24-63(62)76)57-42-47-80-71(52-57)69-30-14-16-32-73(69)82(80)59-21-5-2-6-22-59/h1-52H. The lowest BCUT2D eigenvalue weighted by atomic mass is 9.94. The highest BCUT2D eigenvalue weighted by Crippen LogP contribution is 2.47. The van der Waals surface area contributed by atoms with Gasteiger partial charge in [0.2, 0.25) is 0 Å². The number of para-hydroxylation sites is 6. The van der Waals surface area contributed by atoms with Crippen LogP contribution in [0.2, 0.25) is 0 Å². The maximum absolute atomic E-state index is 2.48. The summed E-state index contributed by atoms with van der Waals surface area (Å²) in [6.07, 6.45) is 0. The van der Waals surface area contributed by atoms with E-state index in [0.29, 0.717) is 0 Å². The van der Waals surface area contributed by atoms with Gasteiger partial charge in [-0.1, -0.05) is 212 Å². The van der Waals surface area contributed by atoms with Gasteiger partial charge in [-0.25, -0.2) is 0 Å². The Morgan fingerprint density at radius 1 is 0.202 bits per heavy atom. The van der Waals surface area contributed by atoms with Gasteiger partial charge in [0.1, 0.15) is 0 Å². The molecule has 17 rings (SSSR count). The Hall–Kier alpha value is -11.2. The molecule has 0 aliphatic heterocycles. The number of rotatable bonds is 9. The molecule has 0 fully saturated rings. The van der Waals surface area contributed by atoms with Gasteiger partial charge in [-0.05, 0) is 142 Å². The molecule has 0 amide bonds. The van der Waals surface area contributed by atoms with E-state index in [-0.39, 0.29) is 0 Å². The van der Waals surface area contributed by atoms with E-state index < -0.39 is 0 Å². The maximum atomic E-state index is 2.48. The van der Waals surface area contributed by atoms with E-state index in [1.54, 1.807) is 0 Å². The molecule has 392 valence electrons. The van der Waals surface area contributed by atoms with Crippen molar-refractivity contribution in [3.8, 4) is 50.4 Å². The lowest BCUT2D eigenvalue weighted by molar-refractivity contribution is 1.18. The molecule has 0 saturated heterocycles. The third kappa shape index (κ3) is 7.48. The summed E-state index contributed by atoms with van der Waals surface area (Å²) >= 11 is 0. The van der Waals surface area contributed by atoms with E-state index in [1.165, 1.54) is 109 Å². The molecular formula is C80H52N4. The van der Waals surface area contributed by atoms with Gasteiger partial charge in [-0.2, -0.15) is 0 Å². The fourth-order valence-corrected chi connectivity index (χ4v) is 13.6. The molecule has 4 heteroatoms. The molecule has 0 N–H and O–H groups in total. The zero-order valence-electron chi connectivity index (χ0n) is 45.8. The van der Waals surface area contributed by atoms with Crippen LogP contribution >= 0.6 is 0 Å². The topological polar surface area (TPSA) is 18.0 Å². The third-order valence-corrected chi connectivity index (χ3v) is 17.4. The van der Waals surface area contributed by atoms with Crippen LogP contribution in [0, 0.1) is 0 Å². The molecule has 0 saturated carbocycles. The molecular weight excluding hydrogens is 1020 g/mol. The first-order valence-electron chi connectivity index (χ1n) is 28.9. The number of hydrogen-bond donors (Lipinski definition) is 0. The highest BCUT2D eigenvalue weighted by atomic mass is 15.1. The van der Waals surface area contributed by atoms with Crippen LogP contribution < -0.4 is 4.90 Å². The molecule has 0 atom stereocenters. The summed E-state index contributed by atoms with van der Waals surface area (Å²) in [6, 6.07) is 116. The van der Waals surface area contributed by atoms with Crippen molar-refractivity contribution in [2.75, 3.05) is 4.90 Å². The van der Waals surface area contributed by atoms with Crippen LogP contribution in [-0.2, 0) is 0 Å². The Labute approximate surface area is 485 Å². The van der Waals surface area contributed by atoms with E-state index >= 15 is 0 Å². The third-order valence-electron chi connectivity index (χ3n) is 17.4. The van der Waals surface area contributed by atoms with Crippen LogP contribution in [0.1, 0.15) is 0 Å². The number of anilines is 3. The Balaban J connectivity index is 0.799. The van der Waals surface area contributed by atoms with Gasteiger partial charge >= 0.3 is 0 Å². The van der Waals surface area contributed by atoms with Crippen LogP contribution in [0.15, 0.2) is 315 Å². The van der Waals surface area contributed by atoms with Crippen molar-refractivity contribution in [2.45, 2.75) is 0 Å². The molecule has 3 aromatic heterocycles. The second-order valence-corrected chi connectivity index (χ2v) is 22.0. The number of nitrogens with zero attached hydrogens (tertiary/aromatic N) is 4. The smallest absolute Gasteiger partial charge is 0.0542 e. The van der Waals surface area contributed by atoms with Crippen LogP contribution in [0.5, 0.6) is 0 Å². The van der Waals surface area contributed by atoms with E-state index in [1.807, 2.05) is 0 Å². The SMILES string of the molecule is c1ccc(-n2c3ccccc3c3cc(-c4ccc(-c5ccc(N(c6ccc(-c7ccc8c(c7)c7ccccc7n8-c7ccccc7)c7ccccc67)c6ccc(-n7c8ccccc8c8ccccc87)c7ccccc67)cc5)cc4)ccc32)cc1. The predicted molar refractivity (Wildman–Crippen MR) is 355 cm³/mol. The summed E-state index contributed by atoms with van der Waals surface area (Å²) in [5.74, 6) is 0. The molecule has 0 aliphatic rings. The van der Waals surface area contributed by atoms with E-state index in [0.717, 1.165) is 45.1 Å². The summed E-state index contributed by atoms with van der Waals surface area (Å²) in [5.41, 5.74) is 21.0. The number of hydrogen-bond acceptors (Lipinski definition) is 1. The van der Waals surface area contributed by atoms with Crippen molar-refractivity contribution < 1.29 is 0 Å². The van der Waals surface area contributed by atoms with Crippen LogP contribution in [0.4, 0.5) is 17.1 Å². The largest absolute Gasteiger partial charge is 0.309 e. The zero-order valence-corrected chi connectivity index (χ0v) is 45.8. The fraction of sp³-hybridized carbons (Fsp3) is 0. The van der Waals surface area contributed by atoms with Gasteiger partial charge < -0.3 is 18.6 Å². The van der Waals surface area contributed by atoms with Crippen molar-refractivity contribution in [1.82, 2.24) is 13.7 Å². The summed E-state index contributed by atoms with van der Waals surface area (Å²) in [5, 5.41) is 12.2. The highest BCUT2D eigenvalue weighted by molar-refractivity contribution is 6.16. The molecule has 3 heterocycles. The van der Waals surface area contributed by atoms with Gasteiger partial charge in [0, 0.05) is 65.5 Å². The minimum atomic E-state index is 1.07. The molecule has 0 aliphatic carbocycles. The second-order valence-electron chi connectivity index (χ2n) is 22.0. The molecule has 17 aromatic rings. The minimum absolute atomic E-state index is 1.07. The van der Waals surface area contributed by atoms with Crippen molar-refractivity contribution in [1.29, 1.82) is 0 Å². The lowest BCUT2D eigenvalue weighted by Gasteiger charge is -2.29. The van der Waals surface area contributed by atoms with Crippen molar-refractivity contribution in [2.24, 2.45) is 0 Å². The van der Waals surface area contributed by atoms with Crippen molar-refractivity contribution in [3.05, 3.63) is 315 Å².